The second-order valence-electron chi connectivity index (χ2n) is 11.3. The van der Waals surface area contributed by atoms with Crippen LogP contribution in [0.5, 0.6) is 0 Å². The molecule has 0 saturated carbocycles. The minimum absolute atomic E-state index is 0.828. The van der Waals surface area contributed by atoms with E-state index in [0.717, 1.165) is 55.9 Å². The van der Waals surface area contributed by atoms with E-state index in [9.17, 15) is 0 Å². The van der Waals surface area contributed by atoms with Crippen molar-refractivity contribution in [1.29, 1.82) is 0 Å². The van der Waals surface area contributed by atoms with Crippen LogP contribution < -0.4 is 4.90 Å². The molecule has 0 atom stereocenters. The minimum Gasteiger partial charge on any atom is -0.456 e. The first-order valence-electron chi connectivity index (χ1n) is 15.1. The molecule has 0 amide bonds. The molecule has 45 heavy (non-hydrogen) atoms. The second-order valence-corrected chi connectivity index (χ2v) is 11.3. The van der Waals surface area contributed by atoms with Crippen molar-refractivity contribution in [2.24, 2.45) is 0 Å². The van der Waals surface area contributed by atoms with Crippen LogP contribution in [0.4, 0.5) is 17.2 Å². The van der Waals surface area contributed by atoms with E-state index in [-0.39, 0.29) is 0 Å². The predicted molar refractivity (Wildman–Crippen MR) is 186 cm³/mol. The number of anilines is 3. The summed E-state index contributed by atoms with van der Waals surface area (Å²) in [5, 5.41) is 4.72. The number of furan rings is 1. The fourth-order valence-electron chi connectivity index (χ4n) is 6.54. The molecule has 212 valence electrons. The lowest BCUT2D eigenvalue weighted by atomic mass is 10.1. The van der Waals surface area contributed by atoms with Crippen molar-refractivity contribution in [2.45, 2.75) is 0 Å². The lowest BCUT2D eigenvalue weighted by Gasteiger charge is -2.25. The molecular formula is C41H27N3O. The minimum atomic E-state index is 0.828. The Balaban J connectivity index is 1.18. The molecule has 0 unspecified atom stereocenters. The van der Waals surface area contributed by atoms with E-state index in [2.05, 4.69) is 149 Å². The van der Waals surface area contributed by atoms with Crippen LogP contribution in [0.15, 0.2) is 168 Å². The van der Waals surface area contributed by atoms with Crippen LogP contribution in [0.3, 0.4) is 0 Å². The number of rotatable bonds is 5. The monoisotopic (exact) mass is 577 g/mol. The van der Waals surface area contributed by atoms with Crippen molar-refractivity contribution in [3.63, 3.8) is 0 Å². The molecule has 4 nitrogen and oxygen atoms in total. The summed E-state index contributed by atoms with van der Waals surface area (Å²) in [5.41, 5.74) is 9.43. The summed E-state index contributed by atoms with van der Waals surface area (Å²) in [6.07, 6.45) is 1.95. The van der Waals surface area contributed by atoms with Gasteiger partial charge in [0, 0.05) is 50.7 Å². The Morgan fingerprint density at radius 2 is 1.09 bits per heavy atom. The molecule has 0 N–H and O–H groups in total. The van der Waals surface area contributed by atoms with Gasteiger partial charge in [0.25, 0.3) is 0 Å². The summed E-state index contributed by atoms with van der Waals surface area (Å²) in [4.78, 5) is 7.17. The number of fused-ring (bicyclic) bond motifs is 6. The smallest absolute Gasteiger partial charge is 0.137 e. The molecule has 0 fully saturated rings. The molecule has 3 heterocycles. The summed E-state index contributed by atoms with van der Waals surface area (Å²) in [7, 11) is 0. The highest BCUT2D eigenvalue weighted by atomic mass is 16.3. The molecule has 9 rings (SSSR count). The third kappa shape index (κ3) is 4.19. The van der Waals surface area contributed by atoms with Gasteiger partial charge in [-0.05, 0) is 72.3 Å². The largest absolute Gasteiger partial charge is 0.456 e. The van der Waals surface area contributed by atoms with Crippen LogP contribution in [-0.4, -0.2) is 9.55 Å². The molecule has 0 aliphatic carbocycles. The van der Waals surface area contributed by atoms with E-state index in [0.29, 0.717) is 0 Å². The SMILES string of the molecule is c1ccc(-c2ccc(N(c3ccc(-n4c5ccccc5c5ccccc54)cc3)c3ccc4c(c3)oc3ccccc34)nc2)cc1. The molecule has 0 aliphatic rings. The molecule has 9 aromatic rings. The van der Waals surface area contributed by atoms with Crippen molar-refractivity contribution in [3.05, 3.63) is 164 Å². The first kappa shape index (κ1) is 25.4. The fourth-order valence-corrected chi connectivity index (χ4v) is 6.54. The van der Waals surface area contributed by atoms with Gasteiger partial charge in [0.05, 0.1) is 16.7 Å². The maximum Gasteiger partial charge on any atom is 0.137 e. The highest BCUT2D eigenvalue weighted by Crippen LogP contribution is 2.39. The molecular weight excluding hydrogens is 550 g/mol. The number of para-hydroxylation sites is 3. The molecule has 0 bridgehead atoms. The molecule has 4 heteroatoms. The standard InChI is InChI=1S/C41H27N3O/c1-2-10-28(11-3-1)29-18-25-41(42-27-29)43(32-23-24-36-35-14-6-9-17-39(35)45-40(36)26-32)30-19-21-31(22-20-30)44-37-15-7-4-12-33(37)34-13-5-8-16-38(34)44/h1-27H. The van der Waals surface area contributed by atoms with E-state index in [4.69, 9.17) is 9.40 Å². The van der Waals surface area contributed by atoms with Crippen molar-refractivity contribution in [1.82, 2.24) is 9.55 Å². The van der Waals surface area contributed by atoms with Gasteiger partial charge in [0.15, 0.2) is 0 Å². The van der Waals surface area contributed by atoms with E-state index in [1.165, 1.54) is 21.8 Å². The highest BCUT2D eigenvalue weighted by molar-refractivity contribution is 6.09. The summed E-state index contributed by atoms with van der Waals surface area (Å²) < 4.78 is 8.63. The lowest BCUT2D eigenvalue weighted by molar-refractivity contribution is 0.669. The number of hydrogen-bond donors (Lipinski definition) is 0. The highest BCUT2D eigenvalue weighted by Gasteiger charge is 2.18. The first-order valence-corrected chi connectivity index (χ1v) is 15.1. The van der Waals surface area contributed by atoms with Crippen molar-refractivity contribution < 1.29 is 4.42 Å². The molecule has 0 radical (unpaired) electrons. The average Bonchev–Trinajstić information content (AvgIpc) is 3.65. The summed E-state index contributed by atoms with van der Waals surface area (Å²) in [6.45, 7) is 0. The van der Waals surface area contributed by atoms with Crippen molar-refractivity contribution in [3.8, 4) is 16.8 Å². The second kappa shape index (κ2) is 10.2. The Hall–Kier alpha value is -6.13. The van der Waals surface area contributed by atoms with Gasteiger partial charge in [-0.15, -0.1) is 0 Å². The quantitative estimate of drug-likeness (QED) is 0.204. The average molecular weight is 578 g/mol. The molecule has 0 saturated heterocycles. The molecule has 0 aliphatic heterocycles. The number of benzene rings is 6. The fraction of sp³-hybridized carbons (Fsp3) is 0. The van der Waals surface area contributed by atoms with Crippen molar-refractivity contribution >= 4 is 60.9 Å². The zero-order valence-corrected chi connectivity index (χ0v) is 24.3. The summed E-state index contributed by atoms with van der Waals surface area (Å²) in [6, 6.07) is 55.1. The maximum atomic E-state index is 6.29. The topological polar surface area (TPSA) is 34.2 Å². The predicted octanol–water partition coefficient (Wildman–Crippen LogP) is 11.2. The zero-order chi connectivity index (χ0) is 29.7. The van der Waals surface area contributed by atoms with Crippen LogP contribution >= 0.6 is 0 Å². The van der Waals surface area contributed by atoms with Gasteiger partial charge in [0.2, 0.25) is 0 Å². The van der Waals surface area contributed by atoms with E-state index >= 15 is 0 Å². The maximum absolute atomic E-state index is 6.29. The Labute approximate surface area is 260 Å². The molecule has 3 aromatic heterocycles. The van der Waals surface area contributed by atoms with Crippen LogP contribution in [0.2, 0.25) is 0 Å². The Morgan fingerprint density at radius 1 is 0.467 bits per heavy atom. The van der Waals surface area contributed by atoms with Crippen molar-refractivity contribution in [2.75, 3.05) is 4.90 Å². The Kier molecular flexibility index (Phi) is 5.78. The van der Waals surface area contributed by atoms with Gasteiger partial charge in [0.1, 0.15) is 17.0 Å². The van der Waals surface area contributed by atoms with Gasteiger partial charge < -0.3 is 8.98 Å². The number of hydrogen-bond acceptors (Lipinski definition) is 3. The van der Waals surface area contributed by atoms with Gasteiger partial charge in [-0.1, -0.05) is 84.9 Å². The van der Waals surface area contributed by atoms with E-state index in [1.807, 2.05) is 24.4 Å². The summed E-state index contributed by atoms with van der Waals surface area (Å²) >= 11 is 0. The van der Waals surface area contributed by atoms with E-state index in [1.54, 1.807) is 0 Å². The van der Waals surface area contributed by atoms with Gasteiger partial charge in [-0.2, -0.15) is 0 Å². The number of nitrogens with zero attached hydrogens (tertiary/aromatic N) is 3. The molecule has 6 aromatic carbocycles. The van der Waals surface area contributed by atoms with Gasteiger partial charge >= 0.3 is 0 Å². The molecule has 0 spiro atoms. The normalized spacial score (nSPS) is 11.6. The van der Waals surface area contributed by atoms with Gasteiger partial charge in [-0.25, -0.2) is 4.98 Å². The summed E-state index contributed by atoms with van der Waals surface area (Å²) in [5.74, 6) is 0.828. The van der Waals surface area contributed by atoms with Crippen LogP contribution in [-0.2, 0) is 0 Å². The lowest BCUT2D eigenvalue weighted by Crippen LogP contribution is -2.11. The van der Waals surface area contributed by atoms with Crippen LogP contribution in [0.25, 0.3) is 60.6 Å². The van der Waals surface area contributed by atoms with Crippen LogP contribution in [0, 0.1) is 0 Å². The third-order valence-electron chi connectivity index (χ3n) is 8.65. The Morgan fingerprint density at radius 3 is 1.80 bits per heavy atom. The number of pyridine rings is 1. The van der Waals surface area contributed by atoms with E-state index < -0.39 is 0 Å². The first-order chi connectivity index (χ1) is 22.3. The third-order valence-corrected chi connectivity index (χ3v) is 8.65. The van der Waals surface area contributed by atoms with Crippen LogP contribution in [0.1, 0.15) is 0 Å². The van der Waals surface area contributed by atoms with Gasteiger partial charge in [-0.3, -0.25) is 4.90 Å². The Bertz CT molecular complexity index is 2420. The zero-order valence-electron chi connectivity index (χ0n) is 24.3. The number of aromatic nitrogens is 2.